The molecule has 3 N–H and O–H groups in total. The van der Waals surface area contributed by atoms with Crippen LogP contribution in [0.3, 0.4) is 0 Å². The molecule has 1 aromatic rings. The van der Waals surface area contributed by atoms with Gasteiger partial charge in [0.25, 0.3) is 0 Å². The summed E-state index contributed by atoms with van der Waals surface area (Å²) in [7, 11) is 0. The van der Waals surface area contributed by atoms with Crippen LogP contribution >= 0.6 is 12.2 Å². The van der Waals surface area contributed by atoms with Crippen molar-refractivity contribution in [2.75, 3.05) is 18.4 Å². The Morgan fingerprint density at radius 2 is 1.94 bits per heavy atom. The van der Waals surface area contributed by atoms with Crippen LogP contribution in [-0.4, -0.2) is 23.1 Å². The van der Waals surface area contributed by atoms with Crippen LogP contribution in [0.1, 0.15) is 24.8 Å². The summed E-state index contributed by atoms with van der Waals surface area (Å²) in [4.78, 5) is 2.49. The zero-order valence-electron chi connectivity index (χ0n) is 9.98. The van der Waals surface area contributed by atoms with Crippen LogP contribution in [0.5, 0.6) is 0 Å². The number of likely N-dealkylation sites (tertiary alicyclic amines) is 1. The standard InChI is InChI=1S/C13H19N3S/c14-13(17)15-12-7-3-2-6-11(12)10-16-8-4-1-5-9-16/h2-3,6-7H,1,4-5,8-10H2,(H3,14,15,17). The van der Waals surface area contributed by atoms with Gasteiger partial charge in [0.1, 0.15) is 0 Å². The van der Waals surface area contributed by atoms with E-state index in [-0.39, 0.29) is 0 Å². The van der Waals surface area contributed by atoms with E-state index in [4.69, 9.17) is 18.0 Å². The van der Waals surface area contributed by atoms with Gasteiger partial charge in [-0.15, -0.1) is 0 Å². The normalized spacial score (nSPS) is 16.7. The molecule has 1 saturated heterocycles. The largest absolute Gasteiger partial charge is 0.376 e. The molecule has 1 aromatic carbocycles. The topological polar surface area (TPSA) is 41.3 Å². The van der Waals surface area contributed by atoms with Crippen molar-refractivity contribution in [3.05, 3.63) is 29.8 Å². The molecule has 0 amide bonds. The number of hydrogen-bond donors (Lipinski definition) is 2. The highest BCUT2D eigenvalue weighted by Crippen LogP contribution is 2.19. The molecule has 0 bridgehead atoms. The van der Waals surface area contributed by atoms with Gasteiger partial charge in [-0.1, -0.05) is 24.6 Å². The number of piperidine rings is 1. The molecule has 2 rings (SSSR count). The molecule has 0 radical (unpaired) electrons. The number of nitrogens with zero attached hydrogens (tertiary/aromatic N) is 1. The van der Waals surface area contributed by atoms with E-state index in [1.807, 2.05) is 12.1 Å². The minimum atomic E-state index is 0.330. The van der Waals surface area contributed by atoms with Crippen LogP contribution in [-0.2, 0) is 6.54 Å². The number of para-hydroxylation sites is 1. The van der Waals surface area contributed by atoms with Crippen molar-refractivity contribution in [3.8, 4) is 0 Å². The zero-order valence-corrected chi connectivity index (χ0v) is 10.8. The molecule has 1 aliphatic rings. The lowest BCUT2D eigenvalue weighted by atomic mass is 10.1. The van der Waals surface area contributed by atoms with Crippen molar-refractivity contribution in [2.24, 2.45) is 5.73 Å². The van der Waals surface area contributed by atoms with Crippen molar-refractivity contribution >= 4 is 23.0 Å². The van der Waals surface area contributed by atoms with Crippen LogP contribution < -0.4 is 11.1 Å². The molecule has 1 heterocycles. The summed E-state index contributed by atoms with van der Waals surface area (Å²) in [5, 5.41) is 3.38. The first-order valence-electron chi connectivity index (χ1n) is 6.12. The first kappa shape index (κ1) is 12.3. The summed E-state index contributed by atoms with van der Waals surface area (Å²) in [5.41, 5.74) is 7.83. The Morgan fingerprint density at radius 1 is 1.24 bits per heavy atom. The predicted molar refractivity (Wildman–Crippen MR) is 76.0 cm³/mol. The second-order valence-electron chi connectivity index (χ2n) is 4.48. The molecule has 0 aliphatic carbocycles. The van der Waals surface area contributed by atoms with Gasteiger partial charge in [0.2, 0.25) is 0 Å². The molecule has 0 atom stereocenters. The predicted octanol–water partition coefficient (Wildman–Crippen LogP) is 2.33. The molecule has 0 spiro atoms. The van der Waals surface area contributed by atoms with Gasteiger partial charge < -0.3 is 11.1 Å². The summed E-state index contributed by atoms with van der Waals surface area (Å²) >= 11 is 4.89. The van der Waals surface area contributed by atoms with Crippen molar-refractivity contribution in [3.63, 3.8) is 0 Å². The summed E-state index contributed by atoms with van der Waals surface area (Å²) in [5.74, 6) is 0. The number of nitrogens with one attached hydrogen (secondary N) is 1. The van der Waals surface area contributed by atoms with Crippen LogP contribution in [0.15, 0.2) is 24.3 Å². The summed E-state index contributed by atoms with van der Waals surface area (Å²) < 4.78 is 0. The maximum absolute atomic E-state index is 5.53. The Labute approximate surface area is 108 Å². The molecule has 3 nitrogen and oxygen atoms in total. The van der Waals surface area contributed by atoms with E-state index in [9.17, 15) is 0 Å². The number of anilines is 1. The van der Waals surface area contributed by atoms with Gasteiger partial charge in [0, 0.05) is 12.2 Å². The lowest BCUT2D eigenvalue weighted by Gasteiger charge is -2.27. The van der Waals surface area contributed by atoms with Gasteiger partial charge in [0.05, 0.1) is 0 Å². The monoisotopic (exact) mass is 249 g/mol. The molecule has 1 fully saturated rings. The number of rotatable bonds is 3. The lowest BCUT2D eigenvalue weighted by molar-refractivity contribution is 0.221. The van der Waals surface area contributed by atoms with Crippen molar-refractivity contribution in [1.29, 1.82) is 0 Å². The Bertz CT molecular complexity index is 386. The van der Waals surface area contributed by atoms with Gasteiger partial charge in [-0.25, -0.2) is 0 Å². The molecule has 4 heteroatoms. The van der Waals surface area contributed by atoms with E-state index in [1.165, 1.54) is 37.9 Å². The number of benzene rings is 1. The van der Waals surface area contributed by atoms with Crippen molar-refractivity contribution in [1.82, 2.24) is 4.90 Å². The first-order valence-corrected chi connectivity index (χ1v) is 6.53. The summed E-state index contributed by atoms with van der Waals surface area (Å²) in [6, 6.07) is 8.22. The molecule has 1 aliphatic heterocycles. The Morgan fingerprint density at radius 3 is 2.65 bits per heavy atom. The zero-order chi connectivity index (χ0) is 12.1. The highest BCUT2D eigenvalue weighted by atomic mass is 32.1. The SMILES string of the molecule is NC(=S)Nc1ccccc1CN1CCCCC1. The minimum absolute atomic E-state index is 0.330. The first-order chi connectivity index (χ1) is 8.25. The Kier molecular flexibility index (Phi) is 4.34. The third-order valence-electron chi connectivity index (χ3n) is 3.12. The average molecular weight is 249 g/mol. The van der Waals surface area contributed by atoms with Crippen molar-refractivity contribution < 1.29 is 0 Å². The van der Waals surface area contributed by atoms with E-state index < -0.39 is 0 Å². The molecular weight excluding hydrogens is 230 g/mol. The Hall–Kier alpha value is -1.13. The summed E-state index contributed by atoms with van der Waals surface area (Å²) in [6.45, 7) is 3.37. The van der Waals surface area contributed by atoms with E-state index in [2.05, 4.69) is 22.3 Å². The lowest BCUT2D eigenvalue weighted by Crippen LogP contribution is -2.29. The quantitative estimate of drug-likeness (QED) is 0.807. The second kappa shape index (κ2) is 5.98. The highest BCUT2D eigenvalue weighted by molar-refractivity contribution is 7.80. The van der Waals surface area contributed by atoms with Crippen LogP contribution in [0, 0.1) is 0 Å². The number of hydrogen-bond acceptors (Lipinski definition) is 2. The molecular formula is C13H19N3S. The van der Waals surface area contributed by atoms with Gasteiger partial charge >= 0.3 is 0 Å². The Balaban J connectivity index is 2.05. The van der Waals surface area contributed by atoms with Gasteiger partial charge in [-0.3, -0.25) is 4.90 Å². The smallest absolute Gasteiger partial charge is 0.168 e. The summed E-state index contributed by atoms with van der Waals surface area (Å²) in [6.07, 6.45) is 3.99. The van der Waals surface area contributed by atoms with E-state index in [0.717, 1.165) is 12.2 Å². The molecule has 92 valence electrons. The second-order valence-corrected chi connectivity index (χ2v) is 4.92. The minimum Gasteiger partial charge on any atom is -0.376 e. The molecule has 17 heavy (non-hydrogen) atoms. The van der Waals surface area contributed by atoms with Crippen LogP contribution in [0.2, 0.25) is 0 Å². The van der Waals surface area contributed by atoms with Gasteiger partial charge in [0.15, 0.2) is 5.11 Å². The molecule has 0 aromatic heterocycles. The van der Waals surface area contributed by atoms with Crippen molar-refractivity contribution in [2.45, 2.75) is 25.8 Å². The fourth-order valence-electron chi connectivity index (χ4n) is 2.27. The van der Waals surface area contributed by atoms with Gasteiger partial charge in [-0.05, 0) is 49.8 Å². The van der Waals surface area contributed by atoms with Crippen LogP contribution in [0.4, 0.5) is 5.69 Å². The molecule has 0 saturated carbocycles. The maximum Gasteiger partial charge on any atom is 0.168 e. The fourth-order valence-corrected chi connectivity index (χ4v) is 2.38. The third-order valence-corrected chi connectivity index (χ3v) is 3.22. The number of thiocarbonyl (C=S) groups is 1. The van der Waals surface area contributed by atoms with E-state index in [1.54, 1.807) is 0 Å². The number of nitrogens with two attached hydrogens (primary N) is 1. The van der Waals surface area contributed by atoms with E-state index >= 15 is 0 Å². The van der Waals surface area contributed by atoms with Crippen LogP contribution in [0.25, 0.3) is 0 Å². The highest BCUT2D eigenvalue weighted by Gasteiger charge is 2.12. The molecule has 0 unspecified atom stereocenters. The fraction of sp³-hybridized carbons (Fsp3) is 0.462. The maximum atomic E-state index is 5.53. The third kappa shape index (κ3) is 3.68. The van der Waals surface area contributed by atoms with Gasteiger partial charge in [-0.2, -0.15) is 0 Å². The average Bonchev–Trinajstić information content (AvgIpc) is 2.32. The van der Waals surface area contributed by atoms with E-state index in [0.29, 0.717) is 5.11 Å².